The Morgan fingerprint density at radius 2 is 2.00 bits per heavy atom. The fraction of sp³-hybridized carbons (Fsp3) is 0.308. The second-order valence-corrected chi connectivity index (χ2v) is 5.25. The van der Waals surface area contributed by atoms with Crippen LogP contribution in [0.25, 0.3) is 11.5 Å². The first-order chi connectivity index (χ1) is 8.67. The van der Waals surface area contributed by atoms with Crippen molar-refractivity contribution in [3.63, 3.8) is 0 Å². The SMILES string of the molecule is CCc1cccnc1-c1nc(Cl)c(I)c(CC)n1. The molecule has 0 radical (unpaired) electrons. The van der Waals surface area contributed by atoms with Crippen molar-refractivity contribution >= 4 is 34.2 Å². The lowest BCUT2D eigenvalue weighted by molar-refractivity contribution is 0.974. The van der Waals surface area contributed by atoms with Crippen LogP contribution < -0.4 is 0 Å². The van der Waals surface area contributed by atoms with Gasteiger partial charge in [0, 0.05) is 6.20 Å². The quantitative estimate of drug-likeness (QED) is 0.604. The van der Waals surface area contributed by atoms with E-state index in [4.69, 9.17) is 11.6 Å². The number of hydrogen-bond acceptors (Lipinski definition) is 3. The Labute approximate surface area is 125 Å². The van der Waals surface area contributed by atoms with Crippen LogP contribution in [0.15, 0.2) is 18.3 Å². The summed E-state index contributed by atoms with van der Waals surface area (Å²) in [5, 5.41) is 0.505. The van der Waals surface area contributed by atoms with Crippen LogP contribution >= 0.6 is 34.2 Å². The van der Waals surface area contributed by atoms with E-state index in [0.29, 0.717) is 11.0 Å². The van der Waals surface area contributed by atoms with Gasteiger partial charge in [0.05, 0.1) is 9.26 Å². The highest BCUT2D eigenvalue weighted by molar-refractivity contribution is 14.1. The number of nitrogens with zero attached hydrogens (tertiary/aromatic N) is 3. The number of rotatable bonds is 3. The van der Waals surface area contributed by atoms with Gasteiger partial charge in [-0.3, -0.25) is 4.98 Å². The van der Waals surface area contributed by atoms with E-state index in [0.717, 1.165) is 33.4 Å². The summed E-state index contributed by atoms with van der Waals surface area (Å²) in [6.45, 7) is 4.15. The Kier molecular flexibility index (Phi) is 4.50. The molecule has 0 aliphatic heterocycles. The molecule has 0 amide bonds. The number of hydrogen-bond donors (Lipinski definition) is 0. The zero-order valence-electron chi connectivity index (χ0n) is 10.2. The van der Waals surface area contributed by atoms with Crippen molar-refractivity contribution in [3.8, 4) is 11.5 Å². The maximum atomic E-state index is 6.16. The number of halogens is 2. The Morgan fingerprint density at radius 1 is 1.22 bits per heavy atom. The summed E-state index contributed by atoms with van der Waals surface area (Å²) >= 11 is 8.34. The second-order valence-electron chi connectivity index (χ2n) is 3.82. The van der Waals surface area contributed by atoms with Crippen LogP contribution in [0, 0.1) is 3.57 Å². The van der Waals surface area contributed by atoms with Crippen LogP contribution in [-0.2, 0) is 12.8 Å². The Balaban J connectivity index is 2.61. The molecule has 2 rings (SSSR count). The zero-order chi connectivity index (χ0) is 13.1. The number of aryl methyl sites for hydroxylation is 2. The van der Waals surface area contributed by atoms with Crippen molar-refractivity contribution < 1.29 is 0 Å². The molecule has 94 valence electrons. The maximum absolute atomic E-state index is 6.16. The second kappa shape index (κ2) is 5.93. The van der Waals surface area contributed by atoms with Gasteiger partial charge < -0.3 is 0 Å². The van der Waals surface area contributed by atoms with Crippen molar-refractivity contribution in [2.75, 3.05) is 0 Å². The standard InChI is InChI=1S/C13H13ClIN3/c1-3-8-6-5-7-16-11(8)13-17-9(4-2)10(15)12(14)18-13/h5-7H,3-4H2,1-2H3. The average molecular weight is 374 g/mol. The van der Waals surface area contributed by atoms with Gasteiger partial charge >= 0.3 is 0 Å². The lowest BCUT2D eigenvalue weighted by Gasteiger charge is -2.08. The average Bonchev–Trinajstić information content (AvgIpc) is 2.41. The molecule has 0 saturated carbocycles. The number of aromatic nitrogens is 3. The minimum atomic E-state index is 0.505. The largest absolute Gasteiger partial charge is 0.253 e. The molecule has 0 spiro atoms. The lowest BCUT2D eigenvalue weighted by Crippen LogP contribution is -2.02. The molecule has 0 unspecified atom stereocenters. The number of pyridine rings is 1. The molecule has 0 fully saturated rings. The molecule has 2 heterocycles. The van der Waals surface area contributed by atoms with Crippen LogP contribution in [0.1, 0.15) is 25.1 Å². The summed E-state index contributed by atoms with van der Waals surface area (Å²) in [6.07, 6.45) is 3.49. The van der Waals surface area contributed by atoms with Crippen molar-refractivity contribution in [2.45, 2.75) is 26.7 Å². The maximum Gasteiger partial charge on any atom is 0.180 e. The van der Waals surface area contributed by atoms with Crippen molar-refractivity contribution in [2.24, 2.45) is 0 Å². The molecule has 0 atom stereocenters. The van der Waals surface area contributed by atoms with Gasteiger partial charge in [-0.05, 0) is 47.1 Å². The molecule has 3 nitrogen and oxygen atoms in total. The first-order valence-electron chi connectivity index (χ1n) is 5.83. The van der Waals surface area contributed by atoms with Crippen LogP contribution in [0.5, 0.6) is 0 Å². The molecule has 0 saturated heterocycles. The van der Waals surface area contributed by atoms with E-state index < -0.39 is 0 Å². The molecule has 0 bridgehead atoms. The summed E-state index contributed by atoms with van der Waals surface area (Å²) < 4.78 is 0.925. The van der Waals surface area contributed by atoms with Crippen molar-refractivity contribution in [1.82, 2.24) is 15.0 Å². The normalized spacial score (nSPS) is 10.7. The Hall–Kier alpha value is -0.750. The van der Waals surface area contributed by atoms with E-state index >= 15 is 0 Å². The van der Waals surface area contributed by atoms with Gasteiger partial charge in [0.15, 0.2) is 5.82 Å². The van der Waals surface area contributed by atoms with E-state index in [9.17, 15) is 0 Å². The third kappa shape index (κ3) is 2.64. The van der Waals surface area contributed by atoms with E-state index in [1.165, 1.54) is 0 Å². The predicted molar refractivity (Wildman–Crippen MR) is 81.7 cm³/mol. The van der Waals surface area contributed by atoms with E-state index in [1.807, 2.05) is 12.1 Å². The van der Waals surface area contributed by atoms with Gasteiger partial charge in [-0.1, -0.05) is 31.5 Å². The summed E-state index contributed by atoms with van der Waals surface area (Å²) in [4.78, 5) is 13.3. The highest BCUT2D eigenvalue weighted by Crippen LogP contribution is 2.25. The zero-order valence-corrected chi connectivity index (χ0v) is 13.2. The minimum absolute atomic E-state index is 0.505. The fourth-order valence-electron chi connectivity index (χ4n) is 1.73. The van der Waals surface area contributed by atoms with Gasteiger partial charge in [-0.2, -0.15) is 0 Å². The van der Waals surface area contributed by atoms with Gasteiger partial charge in [0.2, 0.25) is 0 Å². The van der Waals surface area contributed by atoms with Gasteiger partial charge in [0.1, 0.15) is 10.8 Å². The van der Waals surface area contributed by atoms with Gasteiger partial charge in [0.25, 0.3) is 0 Å². The highest BCUT2D eigenvalue weighted by atomic mass is 127. The summed E-state index contributed by atoms with van der Waals surface area (Å²) in [6, 6.07) is 3.97. The molecule has 5 heteroatoms. The van der Waals surface area contributed by atoms with Crippen LogP contribution in [0.4, 0.5) is 0 Å². The van der Waals surface area contributed by atoms with Gasteiger partial charge in [-0.15, -0.1) is 0 Å². The smallest absolute Gasteiger partial charge is 0.180 e. The molecule has 0 aromatic carbocycles. The van der Waals surface area contributed by atoms with Gasteiger partial charge in [-0.25, -0.2) is 9.97 Å². The lowest BCUT2D eigenvalue weighted by atomic mass is 10.1. The third-order valence-corrected chi connectivity index (χ3v) is 4.42. The molecule has 0 N–H and O–H groups in total. The summed E-state index contributed by atoms with van der Waals surface area (Å²) in [7, 11) is 0. The van der Waals surface area contributed by atoms with E-state index in [2.05, 4.69) is 51.4 Å². The Morgan fingerprint density at radius 3 is 2.67 bits per heavy atom. The highest BCUT2D eigenvalue weighted by Gasteiger charge is 2.13. The van der Waals surface area contributed by atoms with Crippen molar-refractivity contribution in [1.29, 1.82) is 0 Å². The molecule has 0 aliphatic rings. The monoisotopic (exact) mass is 373 g/mol. The van der Waals surface area contributed by atoms with Crippen LogP contribution in [0.3, 0.4) is 0 Å². The summed E-state index contributed by atoms with van der Waals surface area (Å²) in [5.74, 6) is 0.620. The molecular formula is C13H13ClIN3. The third-order valence-electron chi connectivity index (χ3n) is 2.70. The molecule has 18 heavy (non-hydrogen) atoms. The first kappa shape index (κ1) is 13.7. The van der Waals surface area contributed by atoms with E-state index in [-0.39, 0.29) is 0 Å². The Bertz CT molecular complexity index is 572. The topological polar surface area (TPSA) is 38.7 Å². The van der Waals surface area contributed by atoms with Crippen LogP contribution in [-0.4, -0.2) is 15.0 Å². The molecule has 2 aromatic rings. The molecular weight excluding hydrogens is 361 g/mol. The summed E-state index contributed by atoms with van der Waals surface area (Å²) in [5.41, 5.74) is 2.93. The predicted octanol–water partition coefficient (Wildman–Crippen LogP) is 3.92. The molecule has 0 aliphatic carbocycles. The minimum Gasteiger partial charge on any atom is -0.253 e. The molecule has 2 aromatic heterocycles. The first-order valence-corrected chi connectivity index (χ1v) is 7.29. The fourth-order valence-corrected chi connectivity index (χ4v) is 2.54. The van der Waals surface area contributed by atoms with Crippen molar-refractivity contribution in [3.05, 3.63) is 38.3 Å². The van der Waals surface area contributed by atoms with E-state index in [1.54, 1.807) is 6.20 Å². The van der Waals surface area contributed by atoms with Crippen LogP contribution in [0.2, 0.25) is 5.15 Å².